The molecule has 2 N–H and O–H groups in total. The van der Waals surface area contributed by atoms with E-state index in [0.717, 1.165) is 21.6 Å². The Labute approximate surface area is 100.0 Å². The standard InChI is InChI=1S/C13H15ClN2/c1-16-10-7-3-6-9(15)11(10)12(14)13(16)8-4-2-5-8/h3,6-8H,2,4-5,15H2,1H3. The monoisotopic (exact) mass is 234 g/mol. The molecule has 0 saturated heterocycles. The minimum Gasteiger partial charge on any atom is -0.398 e. The smallest absolute Gasteiger partial charge is 0.0717 e. The Morgan fingerprint density at radius 2 is 2.12 bits per heavy atom. The molecule has 0 bridgehead atoms. The van der Waals surface area contributed by atoms with Crippen LogP contribution in [-0.2, 0) is 7.05 Å². The summed E-state index contributed by atoms with van der Waals surface area (Å²) >= 11 is 6.47. The number of nitrogens with two attached hydrogens (primary N) is 1. The van der Waals surface area contributed by atoms with Gasteiger partial charge in [0.25, 0.3) is 0 Å². The highest BCUT2D eigenvalue weighted by Gasteiger charge is 2.27. The normalized spacial score (nSPS) is 16.6. The summed E-state index contributed by atoms with van der Waals surface area (Å²) < 4.78 is 2.21. The van der Waals surface area contributed by atoms with Crippen molar-refractivity contribution < 1.29 is 0 Å². The van der Waals surface area contributed by atoms with Gasteiger partial charge in [0.05, 0.1) is 10.5 Å². The molecule has 0 unspecified atom stereocenters. The van der Waals surface area contributed by atoms with Crippen LogP contribution in [0.3, 0.4) is 0 Å². The van der Waals surface area contributed by atoms with Crippen LogP contribution in [0.2, 0.25) is 5.02 Å². The first kappa shape index (κ1) is 10.0. The number of hydrogen-bond acceptors (Lipinski definition) is 1. The number of nitrogen functional groups attached to an aromatic ring is 1. The molecule has 0 spiro atoms. The number of aromatic nitrogens is 1. The van der Waals surface area contributed by atoms with Crippen molar-refractivity contribution in [3.63, 3.8) is 0 Å². The summed E-state index contributed by atoms with van der Waals surface area (Å²) in [4.78, 5) is 0. The summed E-state index contributed by atoms with van der Waals surface area (Å²) in [5.41, 5.74) is 9.19. The van der Waals surface area contributed by atoms with E-state index >= 15 is 0 Å². The van der Waals surface area contributed by atoms with Gasteiger partial charge in [-0.15, -0.1) is 0 Å². The Morgan fingerprint density at radius 3 is 2.69 bits per heavy atom. The zero-order chi connectivity index (χ0) is 11.3. The van der Waals surface area contributed by atoms with Gasteiger partial charge in [0, 0.05) is 29.7 Å². The van der Waals surface area contributed by atoms with E-state index in [2.05, 4.69) is 17.7 Å². The molecule has 3 heteroatoms. The lowest BCUT2D eigenvalue weighted by atomic mass is 9.83. The van der Waals surface area contributed by atoms with E-state index in [1.807, 2.05) is 12.1 Å². The number of aryl methyl sites for hydroxylation is 1. The van der Waals surface area contributed by atoms with E-state index in [-0.39, 0.29) is 0 Å². The van der Waals surface area contributed by atoms with Crippen LogP contribution in [0.5, 0.6) is 0 Å². The van der Waals surface area contributed by atoms with Gasteiger partial charge in [0.15, 0.2) is 0 Å². The molecule has 2 nitrogen and oxygen atoms in total. The highest BCUT2D eigenvalue weighted by Crippen LogP contribution is 2.44. The summed E-state index contributed by atoms with van der Waals surface area (Å²) in [7, 11) is 2.08. The van der Waals surface area contributed by atoms with Gasteiger partial charge in [0.1, 0.15) is 0 Å². The first-order valence-corrected chi connectivity index (χ1v) is 6.10. The lowest BCUT2D eigenvalue weighted by Crippen LogP contribution is -2.12. The second-order valence-electron chi connectivity index (χ2n) is 4.63. The topological polar surface area (TPSA) is 30.9 Å². The molecule has 3 rings (SSSR count). The van der Waals surface area contributed by atoms with Gasteiger partial charge in [0.2, 0.25) is 0 Å². The van der Waals surface area contributed by atoms with E-state index in [4.69, 9.17) is 17.3 Å². The molecule has 0 atom stereocenters. The van der Waals surface area contributed by atoms with E-state index in [9.17, 15) is 0 Å². The second-order valence-corrected chi connectivity index (χ2v) is 5.01. The molecule has 1 aromatic heterocycles. The maximum absolute atomic E-state index is 6.47. The Bertz CT molecular complexity index is 553. The minimum absolute atomic E-state index is 0.629. The summed E-state index contributed by atoms with van der Waals surface area (Å²) in [6.45, 7) is 0. The molecular formula is C13H15ClN2. The number of halogens is 1. The molecule has 2 aromatic rings. The van der Waals surface area contributed by atoms with Crippen LogP contribution in [0.1, 0.15) is 30.9 Å². The highest BCUT2D eigenvalue weighted by molar-refractivity contribution is 6.37. The summed E-state index contributed by atoms with van der Waals surface area (Å²) in [6.07, 6.45) is 3.82. The van der Waals surface area contributed by atoms with Crippen LogP contribution in [-0.4, -0.2) is 4.57 Å². The molecule has 1 heterocycles. The van der Waals surface area contributed by atoms with E-state index < -0.39 is 0 Å². The number of hydrogen-bond donors (Lipinski definition) is 1. The quantitative estimate of drug-likeness (QED) is 0.750. The van der Waals surface area contributed by atoms with Crippen molar-refractivity contribution in [1.29, 1.82) is 0 Å². The van der Waals surface area contributed by atoms with Gasteiger partial charge in [-0.3, -0.25) is 0 Å². The number of rotatable bonds is 1. The molecular weight excluding hydrogens is 220 g/mol. The maximum atomic E-state index is 6.47. The first-order valence-electron chi connectivity index (χ1n) is 5.72. The van der Waals surface area contributed by atoms with Gasteiger partial charge in [-0.05, 0) is 25.0 Å². The van der Waals surface area contributed by atoms with Gasteiger partial charge in [-0.25, -0.2) is 0 Å². The predicted molar refractivity (Wildman–Crippen MR) is 68.9 cm³/mol. The van der Waals surface area contributed by atoms with Crippen LogP contribution in [0.4, 0.5) is 5.69 Å². The third-order valence-corrected chi connectivity index (χ3v) is 4.12. The van der Waals surface area contributed by atoms with Crippen LogP contribution in [0, 0.1) is 0 Å². The van der Waals surface area contributed by atoms with Crippen molar-refractivity contribution in [1.82, 2.24) is 4.57 Å². The number of benzene rings is 1. The molecule has 1 aromatic carbocycles. The summed E-state index contributed by atoms with van der Waals surface area (Å²) in [5.74, 6) is 0.629. The number of fused-ring (bicyclic) bond motifs is 1. The highest BCUT2D eigenvalue weighted by atomic mass is 35.5. The molecule has 0 amide bonds. The Hall–Kier alpha value is -1.15. The Morgan fingerprint density at radius 1 is 1.38 bits per heavy atom. The van der Waals surface area contributed by atoms with Crippen molar-refractivity contribution in [3.05, 3.63) is 28.9 Å². The zero-order valence-corrected chi connectivity index (χ0v) is 10.1. The van der Waals surface area contributed by atoms with Gasteiger partial charge >= 0.3 is 0 Å². The number of anilines is 1. The summed E-state index contributed by atoms with van der Waals surface area (Å²) in [6, 6.07) is 5.98. The molecule has 1 fully saturated rings. The fourth-order valence-electron chi connectivity index (χ4n) is 2.62. The molecule has 16 heavy (non-hydrogen) atoms. The molecule has 84 valence electrons. The lowest BCUT2D eigenvalue weighted by molar-refractivity contribution is 0.404. The van der Waals surface area contributed by atoms with Crippen molar-refractivity contribution >= 4 is 28.2 Å². The SMILES string of the molecule is Cn1c(C2CCC2)c(Cl)c2c(N)cccc21. The van der Waals surface area contributed by atoms with Crippen LogP contribution in [0.15, 0.2) is 18.2 Å². The molecule has 0 radical (unpaired) electrons. The fraction of sp³-hybridized carbons (Fsp3) is 0.385. The lowest BCUT2D eigenvalue weighted by Gasteiger charge is -2.26. The maximum Gasteiger partial charge on any atom is 0.0717 e. The Balaban J connectivity index is 2.33. The van der Waals surface area contributed by atoms with Gasteiger partial charge < -0.3 is 10.3 Å². The number of nitrogens with zero attached hydrogens (tertiary/aromatic N) is 1. The van der Waals surface area contributed by atoms with Crippen LogP contribution in [0.25, 0.3) is 10.9 Å². The van der Waals surface area contributed by atoms with E-state index in [1.54, 1.807) is 0 Å². The van der Waals surface area contributed by atoms with E-state index in [1.165, 1.54) is 25.0 Å². The molecule has 0 aliphatic heterocycles. The first-order chi connectivity index (χ1) is 7.70. The third kappa shape index (κ3) is 1.20. The third-order valence-electron chi connectivity index (χ3n) is 3.73. The zero-order valence-electron chi connectivity index (χ0n) is 9.33. The van der Waals surface area contributed by atoms with Crippen LogP contribution >= 0.6 is 11.6 Å². The van der Waals surface area contributed by atoms with Gasteiger partial charge in [-0.2, -0.15) is 0 Å². The van der Waals surface area contributed by atoms with E-state index in [0.29, 0.717) is 5.92 Å². The van der Waals surface area contributed by atoms with Gasteiger partial charge in [-0.1, -0.05) is 24.1 Å². The average molecular weight is 235 g/mol. The van der Waals surface area contributed by atoms with Crippen molar-refractivity contribution in [2.75, 3.05) is 5.73 Å². The average Bonchev–Trinajstić information content (AvgIpc) is 2.42. The molecule has 1 aliphatic carbocycles. The minimum atomic E-state index is 0.629. The second kappa shape index (κ2) is 3.42. The summed E-state index contributed by atoms with van der Waals surface area (Å²) in [5, 5.41) is 1.88. The largest absolute Gasteiger partial charge is 0.398 e. The molecule has 1 aliphatic rings. The van der Waals surface area contributed by atoms with Crippen molar-refractivity contribution in [2.45, 2.75) is 25.2 Å². The Kier molecular flexibility index (Phi) is 2.15. The van der Waals surface area contributed by atoms with Crippen LogP contribution < -0.4 is 5.73 Å². The molecule has 1 saturated carbocycles. The fourth-order valence-corrected chi connectivity index (χ4v) is 3.10. The predicted octanol–water partition coefficient (Wildman–Crippen LogP) is 3.68. The van der Waals surface area contributed by atoms with Crippen molar-refractivity contribution in [3.8, 4) is 0 Å². The van der Waals surface area contributed by atoms with Crippen molar-refractivity contribution in [2.24, 2.45) is 7.05 Å².